The van der Waals surface area contributed by atoms with Crippen LogP contribution in [0.4, 0.5) is 5.69 Å². The molecule has 0 radical (unpaired) electrons. The van der Waals surface area contributed by atoms with Crippen LogP contribution < -0.4 is 4.90 Å². The van der Waals surface area contributed by atoms with Gasteiger partial charge >= 0.3 is 0 Å². The van der Waals surface area contributed by atoms with Crippen molar-refractivity contribution in [3.63, 3.8) is 0 Å². The van der Waals surface area contributed by atoms with Gasteiger partial charge in [-0.3, -0.25) is 4.79 Å². The summed E-state index contributed by atoms with van der Waals surface area (Å²) in [5.41, 5.74) is 2.09. The van der Waals surface area contributed by atoms with Crippen LogP contribution in [-0.4, -0.2) is 27.9 Å². The Morgan fingerprint density at radius 2 is 1.66 bits per heavy atom. The lowest BCUT2D eigenvalue weighted by Gasteiger charge is -2.34. The number of carbonyl (C=O) groups excluding carboxylic acids is 1. The van der Waals surface area contributed by atoms with Crippen LogP contribution in [0.1, 0.15) is 43.6 Å². The topological polar surface area (TPSA) is 59.2 Å². The summed E-state index contributed by atoms with van der Waals surface area (Å²) >= 11 is 1.32. The predicted molar refractivity (Wildman–Crippen MR) is 115 cm³/mol. The fourth-order valence-corrected chi connectivity index (χ4v) is 4.46. The molecular weight excluding hydrogens is 382 g/mol. The molecule has 2 aromatic carbocycles. The van der Waals surface area contributed by atoms with Crippen molar-refractivity contribution in [1.82, 2.24) is 10.2 Å². The quantitative estimate of drug-likeness (QED) is 0.509. The molecule has 1 aliphatic rings. The summed E-state index contributed by atoms with van der Waals surface area (Å²) < 4.78 is 5.74. The second-order valence-corrected chi connectivity index (χ2v) is 8.23. The maximum absolute atomic E-state index is 13.1. The molecule has 0 N–H and O–H groups in total. The third kappa shape index (κ3) is 5.26. The lowest BCUT2D eigenvalue weighted by atomic mass is 9.93. The maximum atomic E-state index is 13.1. The number of benzene rings is 2. The molecule has 5 nitrogen and oxygen atoms in total. The van der Waals surface area contributed by atoms with E-state index in [1.54, 1.807) is 0 Å². The van der Waals surface area contributed by atoms with E-state index in [0.717, 1.165) is 24.1 Å². The predicted octanol–water partition coefficient (Wildman–Crippen LogP) is 5.12. The minimum absolute atomic E-state index is 0.0934. The van der Waals surface area contributed by atoms with E-state index in [4.69, 9.17) is 4.42 Å². The van der Waals surface area contributed by atoms with Crippen LogP contribution in [0.25, 0.3) is 0 Å². The van der Waals surface area contributed by atoms with Gasteiger partial charge in [0.05, 0.1) is 12.2 Å². The number of anilines is 1. The van der Waals surface area contributed by atoms with Crippen molar-refractivity contribution < 1.29 is 9.21 Å². The number of para-hydroxylation sites is 1. The molecule has 1 aliphatic carbocycles. The van der Waals surface area contributed by atoms with E-state index in [1.165, 1.54) is 31.0 Å². The Bertz CT molecular complexity index is 908. The molecule has 0 unspecified atom stereocenters. The molecule has 1 fully saturated rings. The van der Waals surface area contributed by atoms with Gasteiger partial charge < -0.3 is 9.32 Å². The molecule has 1 heterocycles. The number of amides is 1. The Hall–Kier alpha value is -2.60. The fourth-order valence-electron chi connectivity index (χ4n) is 3.82. The van der Waals surface area contributed by atoms with Crippen LogP contribution in [0.5, 0.6) is 0 Å². The Labute approximate surface area is 175 Å². The molecule has 150 valence electrons. The molecule has 0 atom stereocenters. The third-order valence-corrected chi connectivity index (χ3v) is 6.01. The van der Waals surface area contributed by atoms with Crippen molar-refractivity contribution in [2.24, 2.45) is 0 Å². The van der Waals surface area contributed by atoms with E-state index in [2.05, 4.69) is 10.2 Å². The van der Waals surface area contributed by atoms with E-state index in [9.17, 15) is 4.79 Å². The van der Waals surface area contributed by atoms with Gasteiger partial charge in [0, 0.05) is 11.7 Å². The summed E-state index contributed by atoms with van der Waals surface area (Å²) in [5.74, 6) is 0.951. The average molecular weight is 408 g/mol. The van der Waals surface area contributed by atoms with E-state index >= 15 is 0 Å². The zero-order valence-electron chi connectivity index (χ0n) is 16.4. The average Bonchev–Trinajstić information content (AvgIpc) is 3.22. The highest BCUT2D eigenvalue weighted by Crippen LogP contribution is 2.29. The van der Waals surface area contributed by atoms with E-state index in [1.807, 2.05) is 65.6 Å². The summed E-state index contributed by atoms with van der Waals surface area (Å²) in [7, 11) is 0. The monoisotopic (exact) mass is 407 g/mol. The third-order valence-electron chi connectivity index (χ3n) is 5.21. The van der Waals surface area contributed by atoms with Gasteiger partial charge in [0.15, 0.2) is 0 Å². The first-order valence-electron chi connectivity index (χ1n) is 10.2. The van der Waals surface area contributed by atoms with Gasteiger partial charge in [0.2, 0.25) is 11.8 Å². The van der Waals surface area contributed by atoms with E-state index < -0.39 is 0 Å². The normalized spacial score (nSPS) is 14.6. The summed E-state index contributed by atoms with van der Waals surface area (Å²) in [6.45, 7) is 0. The van der Waals surface area contributed by atoms with Crippen molar-refractivity contribution in [2.75, 3.05) is 10.7 Å². The highest BCUT2D eigenvalue weighted by molar-refractivity contribution is 7.99. The number of rotatable bonds is 7. The van der Waals surface area contributed by atoms with Crippen LogP contribution in [0, 0.1) is 0 Å². The Morgan fingerprint density at radius 3 is 2.38 bits per heavy atom. The van der Waals surface area contributed by atoms with Gasteiger partial charge in [-0.1, -0.05) is 79.6 Å². The van der Waals surface area contributed by atoms with Gasteiger partial charge in [0.1, 0.15) is 0 Å². The van der Waals surface area contributed by atoms with Gasteiger partial charge in [-0.25, -0.2) is 0 Å². The number of thioether (sulfide) groups is 1. The first-order chi connectivity index (χ1) is 14.3. The molecule has 0 spiro atoms. The summed E-state index contributed by atoms with van der Waals surface area (Å²) in [6, 6.07) is 20.3. The van der Waals surface area contributed by atoms with Crippen molar-refractivity contribution in [3.05, 3.63) is 72.1 Å². The van der Waals surface area contributed by atoms with Crippen molar-refractivity contribution in [2.45, 2.75) is 49.8 Å². The number of nitrogens with zero attached hydrogens (tertiary/aromatic N) is 3. The largest absolute Gasteiger partial charge is 0.416 e. The van der Waals surface area contributed by atoms with Gasteiger partial charge in [-0.15, -0.1) is 10.2 Å². The van der Waals surface area contributed by atoms with Gasteiger partial charge in [0.25, 0.3) is 5.22 Å². The minimum Gasteiger partial charge on any atom is -0.416 e. The highest BCUT2D eigenvalue weighted by Gasteiger charge is 2.27. The first-order valence-corrected chi connectivity index (χ1v) is 11.1. The van der Waals surface area contributed by atoms with Crippen LogP contribution >= 0.6 is 11.8 Å². The molecule has 1 aromatic heterocycles. The van der Waals surface area contributed by atoms with Crippen molar-refractivity contribution in [3.8, 4) is 0 Å². The Morgan fingerprint density at radius 1 is 0.966 bits per heavy atom. The van der Waals surface area contributed by atoms with Gasteiger partial charge in [-0.2, -0.15) is 0 Å². The van der Waals surface area contributed by atoms with Crippen molar-refractivity contribution in [1.29, 1.82) is 0 Å². The smallest absolute Gasteiger partial charge is 0.277 e. The zero-order valence-corrected chi connectivity index (χ0v) is 17.2. The lowest BCUT2D eigenvalue weighted by Crippen LogP contribution is -2.42. The number of aromatic nitrogens is 2. The highest BCUT2D eigenvalue weighted by atomic mass is 32.2. The van der Waals surface area contributed by atoms with Crippen LogP contribution in [0.15, 0.2) is 70.3 Å². The van der Waals surface area contributed by atoms with Crippen LogP contribution in [-0.2, 0) is 11.2 Å². The second-order valence-electron chi connectivity index (χ2n) is 7.30. The standard InChI is InChI=1S/C23H25N3O2S/c27-22(26(19-12-6-2-7-13-19)20-14-8-3-9-15-20)17-29-23-25-24-21(28-23)16-18-10-4-1-5-11-18/h1-2,4-7,10-13,20H,3,8-9,14-17H2. The number of hydrogen-bond donors (Lipinski definition) is 0. The molecule has 6 heteroatoms. The molecule has 3 aromatic rings. The number of carbonyl (C=O) groups is 1. The summed E-state index contributed by atoms with van der Waals surface area (Å²) in [4.78, 5) is 15.1. The maximum Gasteiger partial charge on any atom is 0.277 e. The summed E-state index contributed by atoms with van der Waals surface area (Å²) in [5, 5.41) is 8.67. The molecular formula is C23H25N3O2S. The van der Waals surface area contributed by atoms with Crippen LogP contribution in [0.3, 0.4) is 0 Å². The minimum atomic E-state index is 0.0934. The molecule has 0 bridgehead atoms. The number of hydrogen-bond acceptors (Lipinski definition) is 5. The fraction of sp³-hybridized carbons (Fsp3) is 0.348. The molecule has 0 aliphatic heterocycles. The first kappa shape index (κ1) is 19.7. The zero-order chi connectivity index (χ0) is 19.9. The Kier molecular flexibility index (Phi) is 6.62. The molecule has 1 amide bonds. The summed E-state index contributed by atoms with van der Waals surface area (Å²) in [6.07, 6.45) is 6.34. The molecule has 0 saturated heterocycles. The lowest BCUT2D eigenvalue weighted by molar-refractivity contribution is -0.116. The SMILES string of the molecule is O=C(CSc1nnc(Cc2ccccc2)o1)N(c1ccccc1)C1CCCCC1. The van der Waals surface area contributed by atoms with Crippen LogP contribution in [0.2, 0.25) is 0 Å². The second kappa shape index (κ2) is 9.74. The van der Waals surface area contributed by atoms with Crippen molar-refractivity contribution >= 4 is 23.4 Å². The Balaban J connectivity index is 1.40. The van der Waals surface area contributed by atoms with E-state index in [-0.39, 0.29) is 11.9 Å². The molecule has 1 saturated carbocycles. The van der Waals surface area contributed by atoms with E-state index in [0.29, 0.717) is 23.3 Å². The molecule has 4 rings (SSSR count). The van der Waals surface area contributed by atoms with Gasteiger partial charge in [-0.05, 0) is 30.5 Å². The molecule has 29 heavy (non-hydrogen) atoms.